The van der Waals surface area contributed by atoms with E-state index in [9.17, 15) is 14.7 Å². The van der Waals surface area contributed by atoms with E-state index in [1.165, 1.54) is 6.08 Å². The molecule has 0 bridgehead atoms. The van der Waals surface area contributed by atoms with Gasteiger partial charge in [-0.1, -0.05) is 36.2 Å². The molecule has 2 aliphatic heterocycles. The second kappa shape index (κ2) is 12.2. The molecule has 33 heavy (non-hydrogen) atoms. The monoisotopic (exact) mass is 495 g/mol. The number of likely N-dealkylation sites (tertiary alicyclic amines) is 1. The van der Waals surface area contributed by atoms with Crippen LogP contribution in [0.2, 0.25) is 10.0 Å². The Morgan fingerprint density at radius 1 is 1.12 bits per heavy atom. The Bertz CT molecular complexity index is 863. The van der Waals surface area contributed by atoms with Crippen molar-refractivity contribution in [3.63, 3.8) is 0 Å². The minimum absolute atomic E-state index is 0.0171. The fourth-order valence-electron chi connectivity index (χ4n) is 4.60. The molecule has 1 aromatic carbocycles. The minimum atomic E-state index is -0.104. The van der Waals surface area contributed by atoms with Crippen LogP contribution in [0.1, 0.15) is 44.6 Å². The predicted molar refractivity (Wildman–Crippen MR) is 133 cm³/mol. The van der Waals surface area contributed by atoms with Crippen LogP contribution in [0.4, 0.5) is 0 Å². The van der Waals surface area contributed by atoms with Crippen LogP contribution >= 0.6 is 23.2 Å². The van der Waals surface area contributed by atoms with E-state index in [0.29, 0.717) is 36.1 Å². The molecule has 0 aliphatic carbocycles. The van der Waals surface area contributed by atoms with Crippen LogP contribution in [-0.2, 0) is 9.59 Å². The minimum Gasteiger partial charge on any atom is -0.396 e. The fraction of sp³-hybridized carbons (Fsp3) is 0.600. The average Bonchev–Trinajstić information content (AvgIpc) is 2.99. The summed E-state index contributed by atoms with van der Waals surface area (Å²) in [7, 11) is 0. The number of carbonyl (C=O) groups excluding carboxylic acids is 2. The largest absolute Gasteiger partial charge is 0.396 e. The predicted octanol–water partition coefficient (Wildman–Crippen LogP) is 3.94. The van der Waals surface area contributed by atoms with Crippen molar-refractivity contribution in [1.29, 1.82) is 0 Å². The van der Waals surface area contributed by atoms with Crippen molar-refractivity contribution in [2.24, 2.45) is 5.41 Å². The first kappa shape index (κ1) is 26.0. The molecule has 0 radical (unpaired) electrons. The lowest BCUT2D eigenvalue weighted by molar-refractivity contribution is -0.130. The number of hydrogen-bond donors (Lipinski definition) is 1. The molecule has 182 valence electrons. The van der Waals surface area contributed by atoms with Gasteiger partial charge in [0.2, 0.25) is 11.8 Å². The summed E-state index contributed by atoms with van der Waals surface area (Å²) in [5.74, 6) is 0.0114. The highest BCUT2D eigenvalue weighted by molar-refractivity contribution is 6.42. The molecule has 2 saturated heterocycles. The number of nitrogens with zero attached hydrogens (tertiary/aromatic N) is 3. The number of rotatable bonds is 8. The van der Waals surface area contributed by atoms with E-state index >= 15 is 0 Å². The number of piperidine rings is 1. The van der Waals surface area contributed by atoms with Crippen LogP contribution in [0.25, 0.3) is 6.08 Å². The summed E-state index contributed by atoms with van der Waals surface area (Å²) in [6.45, 7) is 7.70. The number of aliphatic hydroxyl groups is 1. The molecule has 0 saturated carbocycles. The lowest BCUT2D eigenvalue weighted by atomic mass is 9.83. The van der Waals surface area contributed by atoms with Gasteiger partial charge in [-0.15, -0.1) is 0 Å². The summed E-state index contributed by atoms with van der Waals surface area (Å²) in [6.07, 6.45) is 7.79. The van der Waals surface area contributed by atoms with Crippen LogP contribution in [0.15, 0.2) is 24.3 Å². The standard InChI is InChI=1S/C25H35Cl2N3O3/c1-25(19-31)10-4-12-28(18-25)11-2-3-13-29-15-16-30(14-9-24(29)33)23(32)8-6-20-5-7-21(26)22(27)17-20/h5-8,17,31H,2-4,9-16,18-19H2,1H3/b8-6+. The molecule has 8 heteroatoms. The van der Waals surface area contributed by atoms with Gasteiger partial charge in [0.15, 0.2) is 0 Å². The van der Waals surface area contributed by atoms with Gasteiger partial charge in [-0.25, -0.2) is 0 Å². The number of carbonyl (C=O) groups is 2. The normalized spacial score (nSPS) is 22.7. The second-order valence-corrected chi connectivity index (χ2v) is 10.3. The van der Waals surface area contributed by atoms with Crippen LogP contribution in [0.3, 0.4) is 0 Å². The van der Waals surface area contributed by atoms with E-state index in [0.717, 1.165) is 57.4 Å². The number of aliphatic hydroxyl groups excluding tert-OH is 1. The number of hydrogen-bond acceptors (Lipinski definition) is 4. The zero-order valence-corrected chi connectivity index (χ0v) is 21.0. The molecule has 1 N–H and O–H groups in total. The Hall–Kier alpha value is -1.60. The molecule has 1 unspecified atom stereocenters. The zero-order valence-electron chi connectivity index (χ0n) is 19.4. The van der Waals surface area contributed by atoms with Crippen LogP contribution in [0.5, 0.6) is 0 Å². The molecule has 1 atom stereocenters. The Labute approximate surface area is 207 Å². The summed E-state index contributed by atoms with van der Waals surface area (Å²) in [4.78, 5) is 31.2. The van der Waals surface area contributed by atoms with Crippen LogP contribution < -0.4 is 0 Å². The highest BCUT2D eigenvalue weighted by Crippen LogP contribution is 2.28. The zero-order chi connectivity index (χ0) is 23.8. The summed E-state index contributed by atoms with van der Waals surface area (Å²) in [5, 5.41) is 10.6. The van der Waals surface area contributed by atoms with E-state index in [4.69, 9.17) is 23.2 Å². The summed E-state index contributed by atoms with van der Waals surface area (Å²) in [5.41, 5.74) is 0.821. The van der Waals surface area contributed by atoms with Gasteiger partial charge < -0.3 is 19.8 Å². The van der Waals surface area contributed by atoms with Crippen LogP contribution in [0, 0.1) is 5.41 Å². The van der Waals surface area contributed by atoms with Crippen molar-refractivity contribution in [3.05, 3.63) is 39.9 Å². The lowest BCUT2D eigenvalue weighted by Gasteiger charge is -2.39. The molecule has 0 aromatic heterocycles. The van der Waals surface area contributed by atoms with Gasteiger partial charge >= 0.3 is 0 Å². The van der Waals surface area contributed by atoms with E-state index in [1.807, 2.05) is 4.90 Å². The molecule has 2 amide bonds. The van der Waals surface area contributed by atoms with Gasteiger partial charge in [-0.2, -0.15) is 0 Å². The maximum absolute atomic E-state index is 12.6. The number of amides is 2. The molecule has 3 rings (SSSR count). The van der Waals surface area contributed by atoms with Crippen LogP contribution in [-0.4, -0.2) is 84.0 Å². The van der Waals surface area contributed by atoms with E-state index in [2.05, 4.69) is 11.8 Å². The van der Waals surface area contributed by atoms with Gasteiger partial charge in [0.1, 0.15) is 0 Å². The molecule has 2 heterocycles. The number of benzene rings is 1. The van der Waals surface area contributed by atoms with Crippen molar-refractivity contribution in [2.75, 3.05) is 52.4 Å². The SMILES string of the molecule is CC1(CO)CCCN(CCCCN2CCN(C(=O)/C=C/c3ccc(Cl)c(Cl)c3)CCC2=O)C1. The Kier molecular flexibility index (Phi) is 9.62. The molecular formula is C25H35Cl2N3O3. The summed E-state index contributed by atoms with van der Waals surface area (Å²) in [6, 6.07) is 5.22. The summed E-state index contributed by atoms with van der Waals surface area (Å²) < 4.78 is 0. The first-order chi connectivity index (χ1) is 15.8. The first-order valence-electron chi connectivity index (χ1n) is 11.8. The Morgan fingerprint density at radius 2 is 1.91 bits per heavy atom. The Morgan fingerprint density at radius 3 is 2.67 bits per heavy atom. The third-order valence-electron chi connectivity index (χ3n) is 6.66. The second-order valence-electron chi connectivity index (χ2n) is 9.52. The molecular weight excluding hydrogens is 461 g/mol. The summed E-state index contributed by atoms with van der Waals surface area (Å²) >= 11 is 12.0. The molecule has 2 aliphatic rings. The molecule has 1 aromatic rings. The molecule has 6 nitrogen and oxygen atoms in total. The molecule has 2 fully saturated rings. The van der Waals surface area contributed by atoms with E-state index in [-0.39, 0.29) is 23.8 Å². The van der Waals surface area contributed by atoms with Crippen molar-refractivity contribution in [3.8, 4) is 0 Å². The quantitative estimate of drug-likeness (QED) is 0.438. The number of unbranched alkanes of at least 4 members (excludes halogenated alkanes) is 1. The highest BCUT2D eigenvalue weighted by Gasteiger charge is 2.30. The Balaban J connectivity index is 1.42. The average molecular weight is 496 g/mol. The topological polar surface area (TPSA) is 64.1 Å². The van der Waals surface area contributed by atoms with E-state index in [1.54, 1.807) is 29.2 Å². The van der Waals surface area contributed by atoms with Gasteiger partial charge in [0.05, 0.1) is 10.0 Å². The van der Waals surface area contributed by atoms with Gasteiger partial charge in [0.25, 0.3) is 0 Å². The third kappa shape index (κ3) is 7.71. The van der Waals surface area contributed by atoms with Crippen molar-refractivity contribution in [2.45, 2.75) is 39.0 Å². The smallest absolute Gasteiger partial charge is 0.246 e. The van der Waals surface area contributed by atoms with Gasteiger partial charge in [-0.05, 0) is 62.5 Å². The fourth-order valence-corrected chi connectivity index (χ4v) is 4.90. The van der Waals surface area contributed by atoms with Gasteiger partial charge in [0, 0.05) is 57.2 Å². The van der Waals surface area contributed by atoms with Gasteiger partial charge in [-0.3, -0.25) is 9.59 Å². The third-order valence-corrected chi connectivity index (χ3v) is 7.39. The lowest BCUT2D eigenvalue weighted by Crippen LogP contribution is -2.44. The van der Waals surface area contributed by atoms with Crippen molar-refractivity contribution < 1.29 is 14.7 Å². The number of halogens is 2. The van der Waals surface area contributed by atoms with Crippen molar-refractivity contribution in [1.82, 2.24) is 14.7 Å². The maximum atomic E-state index is 12.6. The van der Waals surface area contributed by atoms with Crippen molar-refractivity contribution >= 4 is 41.1 Å². The highest BCUT2D eigenvalue weighted by atomic mass is 35.5. The first-order valence-corrected chi connectivity index (χ1v) is 12.6. The van der Waals surface area contributed by atoms with E-state index < -0.39 is 0 Å². The molecule has 0 spiro atoms. The maximum Gasteiger partial charge on any atom is 0.246 e.